The minimum absolute atomic E-state index is 0.0320. The molecule has 136 valence electrons. The van der Waals surface area contributed by atoms with E-state index >= 15 is 0 Å². The second-order valence-electron chi connectivity index (χ2n) is 6.44. The van der Waals surface area contributed by atoms with Crippen molar-refractivity contribution in [2.45, 2.75) is 18.7 Å². The summed E-state index contributed by atoms with van der Waals surface area (Å²) >= 11 is 0. The number of carbonyl (C=O) groups is 1. The largest absolute Gasteiger partial charge is 0.419 e. The van der Waals surface area contributed by atoms with Gasteiger partial charge >= 0.3 is 5.76 Å². The molecule has 0 saturated carbocycles. The lowest BCUT2D eigenvalue weighted by atomic mass is 10.2. The third-order valence-electron chi connectivity index (χ3n) is 4.45. The summed E-state index contributed by atoms with van der Waals surface area (Å²) in [5, 5.41) is 0. The van der Waals surface area contributed by atoms with Gasteiger partial charge in [-0.25, -0.2) is 13.2 Å². The van der Waals surface area contributed by atoms with Crippen molar-refractivity contribution in [3.8, 4) is 0 Å². The van der Waals surface area contributed by atoms with Gasteiger partial charge in [0.15, 0.2) is 5.58 Å². The number of aromatic nitrogens is 1. The van der Waals surface area contributed by atoms with Crippen molar-refractivity contribution in [3.63, 3.8) is 0 Å². The second kappa shape index (κ2) is 6.30. The first-order valence-corrected chi connectivity index (χ1v) is 9.54. The van der Waals surface area contributed by atoms with Gasteiger partial charge in [-0.05, 0) is 12.1 Å². The van der Waals surface area contributed by atoms with Gasteiger partial charge in [-0.15, -0.1) is 0 Å². The van der Waals surface area contributed by atoms with Crippen molar-refractivity contribution in [3.05, 3.63) is 28.7 Å². The summed E-state index contributed by atoms with van der Waals surface area (Å²) in [6.45, 7) is 4.90. The van der Waals surface area contributed by atoms with Crippen LogP contribution >= 0.6 is 0 Å². The van der Waals surface area contributed by atoms with Crippen molar-refractivity contribution in [1.82, 2.24) is 13.8 Å². The molecule has 0 spiro atoms. The lowest BCUT2D eigenvalue weighted by Crippen LogP contribution is -2.51. The van der Waals surface area contributed by atoms with Crippen molar-refractivity contribution in [2.75, 3.05) is 26.2 Å². The Hall–Kier alpha value is -2.13. The van der Waals surface area contributed by atoms with Crippen LogP contribution in [0, 0.1) is 5.92 Å². The fourth-order valence-corrected chi connectivity index (χ4v) is 4.38. The molecule has 0 radical (unpaired) electrons. The molecule has 0 bridgehead atoms. The van der Waals surface area contributed by atoms with Crippen molar-refractivity contribution < 1.29 is 17.6 Å². The zero-order valence-corrected chi connectivity index (χ0v) is 15.2. The minimum Gasteiger partial charge on any atom is -0.408 e. The van der Waals surface area contributed by atoms with Gasteiger partial charge in [0.1, 0.15) is 0 Å². The molecule has 0 aliphatic carbocycles. The van der Waals surface area contributed by atoms with Crippen LogP contribution < -0.4 is 5.76 Å². The van der Waals surface area contributed by atoms with E-state index in [9.17, 15) is 18.0 Å². The molecule has 1 aliphatic heterocycles. The Kier molecular flexibility index (Phi) is 4.46. The van der Waals surface area contributed by atoms with Crippen molar-refractivity contribution >= 4 is 27.0 Å². The standard InChI is InChI=1S/C16H21N3O5S/c1-11(2)15(20)18-6-8-19(9-7-18)25(22,23)12-4-5-13-14(10-12)24-16(21)17(13)3/h4-5,10-11H,6-9H2,1-3H3. The Morgan fingerprint density at radius 1 is 1.16 bits per heavy atom. The average Bonchev–Trinajstić information content (AvgIpc) is 2.88. The van der Waals surface area contributed by atoms with Crippen LogP contribution in [0.25, 0.3) is 11.1 Å². The first-order chi connectivity index (χ1) is 11.7. The molecular formula is C16H21N3O5S. The van der Waals surface area contributed by atoms with Crippen LogP contribution in [0.2, 0.25) is 0 Å². The Morgan fingerprint density at radius 2 is 1.80 bits per heavy atom. The van der Waals surface area contributed by atoms with Crippen molar-refractivity contribution in [2.24, 2.45) is 13.0 Å². The maximum absolute atomic E-state index is 12.8. The highest BCUT2D eigenvalue weighted by Crippen LogP contribution is 2.22. The summed E-state index contributed by atoms with van der Waals surface area (Å²) < 4.78 is 33.4. The molecule has 1 amide bonds. The molecule has 2 heterocycles. The van der Waals surface area contributed by atoms with E-state index in [2.05, 4.69) is 0 Å². The zero-order chi connectivity index (χ0) is 18.4. The van der Waals surface area contributed by atoms with E-state index in [4.69, 9.17) is 4.42 Å². The van der Waals surface area contributed by atoms with E-state index in [0.29, 0.717) is 18.6 Å². The smallest absolute Gasteiger partial charge is 0.408 e. The van der Waals surface area contributed by atoms with E-state index in [1.807, 2.05) is 13.8 Å². The molecule has 1 saturated heterocycles. The number of piperazine rings is 1. The quantitative estimate of drug-likeness (QED) is 0.793. The molecule has 25 heavy (non-hydrogen) atoms. The number of fused-ring (bicyclic) bond motifs is 1. The predicted octanol–water partition coefficient (Wildman–Crippen LogP) is 0.620. The summed E-state index contributed by atoms with van der Waals surface area (Å²) in [5.74, 6) is -0.610. The summed E-state index contributed by atoms with van der Waals surface area (Å²) in [7, 11) is -2.14. The number of benzene rings is 1. The Balaban J connectivity index is 1.83. The molecule has 1 aliphatic rings. The van der Waals surface area contributed by atoms with Crippen molar-refractivity contribution in [1.29, 1.82) is 0 Å². The number of amides is 1. The Labute approximate surface area is 145 Å². The fourth-order valence-electron chi connectivity index (χ4n) is 2.94. The number of sulfonamides is 1. The number of aryl methyl sites for hydroxylation is 1. The van der Waals surface area contributed by atoms with E-state index in [1.165, 1.54) is 21.0 Å². The van der Waals surface area contributed by atoms with Crippen LogP contribution in [0.4, 0.5) is 0 Å². The molecule has 8 nitrogen and oxygen atoms in total. The van der Waals surface area contributed by atoms with Gasteiger partial charge in [0.05, 0.1) is 10.4 Å². The number of hydrogen-bond donors (Lipinski definition) is 0. The van der Waals surface area contributed by atoms with Crippen LogP contribution in [-0.4, -0.2) is 54.3 Å². The highest BCUT2D eigenvalue weighted by atomic mass is 32.2. The molecule has 1 fully saturated rings. The lowest BCUT2D eigenvalue weighted by molar-refractivity contribution is -0.135. The average molecular weight is 367 g/mol. The molecular weight excluding hydrogens is 346 g/mol. The van der Waals surface area contributed by atoms with Gasteiger partial charge in [0.2, 0.25) is 15.9 Å². The second-order valence-corrected chi connectivity index (χ2v) is 8.38. The van der Waals surface area contributed by atoms with Gasteiger partial charge in [0.25, 0.3) is 0 Å². The highest BCUT2D eigenvalue weighted by Gasteiger charge is 2.31. The topological polar surface area (TPSA) is 92.8 Å². The van der Waals surface area contributed by atoms with Crippen LogP contribution in [0.5, 0.6) is 0 Å². The zero-order valence-electron chi connectivity index (χ0n) is 14.4. The van der Waals surface area contributed by atoms with E-state index in [1.54, 1.807) is 18.0 Å². The fraction of sp³-hybridized carbons (Fsp3) is 0.500. The Morgan fingerprint density at radius 3 is 2.40 bits per heavy atom. The summed E-state index contributed by atoms with van der Waals surface area (Å²) in [6, 6.07) is 4.40. The molecule has 0 atom stereocenters. The highest BCUT2D eigenvalue weighted by molar-refractivity contribution is 7.89. The predicted molar refractivity (Wildman–Crippen MR) is 91.6 cm³/mol. The molecule has 2 aromatic rings. The minimum atomic E-state index is -3.70. The first kappa shape index (κ1) is 17.7. The lowest BCUT2D eigenvalue weighted by Gasteiger charge is -2.34. The maximum atomic E-state index is 12.8. The van der Waals surface area contributed by atoms with Crippen LogP contribution in [0.15, 0.2) is 32.3 Å². The molecule has 0 unspecified atom stereocenters. The van der Waals surface area contributed by atoms with Crippen LogP contribution in [0.3, 0.4) is 0 Å². The number of carbonyl (C=O) groups excluding carboxylic acids is 1. The molecule has 3 rings (SSSR count). The van der Waals surface area contributed by atoms with Gasteiger partial charge in [0, 0.05) is 45.2 Å². The monoisotopic (exact) mass is 367 g/mol. The number of hydrogen-bond acceptors (Lipinski definition) is 5. The van der Waals surface area contributed by atoms with E-state index in [0.717, 1.165) is 0 Å². The van der Waals surface area contributed by atoms with Crippen LogP contribution in [0.1, 0.15) is 13.8 Å². The van der Waals surface area contributed by atoms with Gasteiger partial charge in [-0.2, -0.15) is 4.31 Å². The maximum Gasteiger partial charge on any atom is 0.419 e. The molecule has 1 aromatic heterocycles. The third kappa shape index (κ3) is 3.09. The van der Waals surface area contributed by atoms with E-state index < -0.39 is 15.8 Å². The molecule has 0 N–H and O–H groups in total. The van der Waals surface area contributed by atoms with Gasteiger partial charge in [-0.3, -0.25) is 9.36 Å². The number of oxazole rings is 1. The normalized spacial score (nSPS) is 16.7. The molecule has 9 heteroatoms. The van der Waals surface area contributed by atoms with Crippen LogP contribution in [-0.2, 0) is 21.9 Å². The summed E-state index contributed by atoms with van der Waals surface area (Å²) in [5.41, 5.74) is 0.776. The summed E-state index contributed by atoms with van der Waals surface area (Å²) in [6.07, 6.45) is 0. The van der Waals surface area contributed by atoms with Gasteiger partial charge < -0.3 is 9.32 Å². The summed E-state index contributed by atoms with van der Waals surface area (Å²) in [4.78, 5) is 25.3. The first-order valence-electron chi connectivity index (χ1n) is 8.10. The van der Waals surface area contributed by atoms with E-state index in [-0.39, 0.29) is 35.4 Å². The third-order valence-corrected chi connectivity index (χ3v) is 6.34. The number of nitrogens with zero attached hydrogens (tertiary/aromatic N) is 3. The molecule has 1 aromatic carbocycles. The Bertz CT molecular complexity index is 965. The number of rotatable bonds is 3. The van der Waals surface area contributed by atoms with Gasteiger partial charge in [-0.1, -0.05) is 13.8 Å². The SMILES string of the molecule is CC(C)C(=O)N1CCN(S(=O)(=O)c2ccc3c(c2)oc(=O)n3C)CC1.